The molecule has 0 fully saturated rings. The van der Waals surface area contributed by atoms with E-state index in [9.17, 15) is 4.79 Å². The monoisotopic (exact) mass is 391 g/mol. The number of aromatic nitrogens is 1. The highest BCUT2D eigenvalue weighted by Crippen LogP contribution is 2.46. The molecule has 0 radical (unpaired) electrons. The number of hydrogen-bond acceptors (Lipinski definition) is 5. The molecule has 3 rings (SSSR count). The molecule has 0 spiro atoms. The van der Waals surface area contributed by atoms with Crippen molar-refractivity contribution in [2.75, 3.05) is 11.9 Å². The zero-order valence-corrected chi connectivity index (χ0v) is 15.9. The minimum absolute atomic E-state index is 0.0746. The number of rotatable bonds is 6. The van der Waals surface area contributed by atoms with Crippen LogP contribution in [0.4, 0.5) is 10.6 Å². The zero-order chi connectivity index (χ0) is 19.6. The number of carbonyl (C=O) groups is 1. The molecule has 144 valence electrons. The fraction of sp³-hybridized carbons (Fsp3) is 0.368. The van der Waals surface area contributed by atoms with Crippen molar-refractivity contribution in [3.8, 4) is 22.6 Å². The molecule has 0 aliphatic carbocycles. The number of carboxylic acid groups (broad SMARTS) is 1. The van der Waals surface area contributed by atoms with Crippen LogP contribution < -0.4 is 20.5 Å². The smallest absolute Gasteiger partial charge is 0.410 e. The summed E-state index contributed by atoms with van der Waals surface area (Å²) in [5.41, 5.74) is 8.50. The first kappa shape index (κ1) is 19.3. The van der Waals surface area contributed by atoms with Gasteiger partial charge in [0.25, 0.3) is 0 Å². The Morgan fingerprint density at radius 1 is 1.44 bits per heavy atom. The Kier molecular flexibility index (Phi) is 5.72. The van der Waals surface area contributed by atoms with Crippen LogP contribution in [-0.4, -0.2) is 28.8 Å². The van der Waals surface area contributed by atoms with Gasteiger partial charge in [0, 0.05) is 23.4 Å². The SMILES string of the molecule is CC(C)C[C@H](N)COc1ccc2c(c1Cl)OCc1cnc(NC(=O)O)cc1-2. The average Bonchev–Trinajstić information content (AvgIpc) is 2.60. The van der Waals surface area contributed by atoms with Gasteiger partial charge in [0.1, 0.15) is 35.6 Å². The van der Waals surface area contributed by atoms with E-state index in [1.165, 1.54) is 0 Å². The molecule has 1 atom stereocenters. The Labute approximate surface area is 162 Å². The number of anilines is 1. The number of fused-ring (bicyclic) bond motifs is 3. The summed E-state index contributed by atoms with van der Waals surface area (Å²) < 4.78 is 11.6. The Morgan fingerprint density at radius 3 is 2.93 bits per heavy atom. The minimum atomic E-state index is -1.17. The van der Waals surface area contributed by atoms with E-state index in [0.29, 0.717) is 35.7 Å². The van der Waals surface area contributed by atoms with Crippen molar-refractivity contribution in [3.05, 3.63) is 35.0 Å². The van der Waals surface area contributed by atoms with E-state index < -0.39 is 6.09 Å². The van der Waals surface area contributed by atoms with Crippen LogP contribution in [0.3, 0.4) is 0 Å². The molecule has 4 N–H and O–H groups in total. The summed E-state index contributed by atoms with van der Waals surface area (Å²) in [7, 11) is 0. The largest absolute Gasteiger partial charge is 0.490 e. The van der Waals surface area contributed by atoms with Crippen LogP contribution in [0.15, 0.2) is 24.4 Å². The first-order chi connectivity index (χ1) is 12.8. The summed E-state index contributed by atoms with van der Waals surface area (Å²) >= 11 is 6.49. The second-order valence-electron chi connectivity index (χ2n) is 6.90. The minimum Gasteiger partial charge on any atom is -0.490 e. The maximum atomic E-state index is 10.9. The topological polar surface area (TPSA) is 107 Å². The molecule has 2 heterocycles. The third kappa shape index (κ3) is 4.43. The number of hydrogen-bond donors (Lipinski definition) is 3. The lowest BCUT2D eigenvalue weighted by Crippen LogP contribution is -2.29. The third-order valence-corrected chi connectivity index (χ3v) is 4.53. The predicted octanol–water partition coefficient (Wildman–Crippen LogP) is 4.14. The van der Waals surface area contributed by atoms with E-state index in [-0.39, 0.29) is 11.9 Å². The Hall–Kier alpha value is -2.51. The molecule has 0 bridgehead atoms. The van der Waals surface area contributed by atoms with Crippen molar-refractivity contribution in [2.45, 2.75) is 32.9 Å². The number of halogens is 1. The Balaban J connectivity index is 1.85. The van der Waals surface area contributed by atoms with Crippen LogP contribution in [0.1, 0.15) is 25.8 Å². The quantitative estimate of drug-likeness (QED) is 0.683. The maximum absolute atomic E-state index is 10.9. The molecular formula is C19H22ClN3O4. The molecule has 1 amide bonds. The van der Waals surface area contributed by atoms with Gasteiger partial charge >= 0.3 is 6.09 Å². The van der Waals surface area contributed by atoms with Crippen LogP contribution >= 0.6 is 11.6 Å². The highest BCUT2D eigenvalue weighted by molar-refractivity contribution is 6.34. The van der Waals surface area contributed by atoms with E-state index in [2.05, 4.69) is 24.1 Å². The molecule has 8 heteroatoms. The van der Waals surface area contributed by atoms with Gasteiger partial charge < -0.3 is 20.3 Å². The second kappa shape index (κ2) is 8.02. The molecule has 2 aromatic rings. The number of nitrogens with zero attached hydrogens (tertiary/aromatic N) is 1. The lowest BCUT2D eigenvalue weighted by molar-refractivity contribution is 0.209. The van der Waals surface area contributed by atoms with Crippen molar-refractivity contribution in [3.63, 3.8) is 0 Å². The highest BCUT2D eigenvalue weighted by Gasteiger charge is 2.23. The lowest BCUT2D eigenvalue weighted by atomic mass is 9.98. The molecule has 7 nitrogen and oxygen atoms in total. The fourth-order valence-corrected chi connectivity index (χ4v) is 3.32. The van der Waals surface area contributed by atoms with Gasteiger partial charge in [-0.15, -0.1) is 0 Å². The van der Waals surface area contributed by atoms with Crippen molar-refractivity contribution >= 4 is 23.5 Å². The van der Waals surface area contributed by atoms with E-state index in [1.807, 2.05) is 6.07 Å². The lowest BCUT2D eigenvalue weighted by Gasteiger charge is -2.23. The first-order valence-electron chi connectivity index (χ1n) is 8.68. The van der Waals surface area contributed by atoms with E-state index in [4.69, 9.17) is 31.9 Å². The molecule has 0 saturated carbocycles. The normalized spacial score (nSPS) is 13.4. The van der Waals surface area contributed by atoms with Crippen molar-refractivity contribution in [1.29, 1.82) is 0 Å². The van der Waals surface area contributed by atoms with Gasteiger partial charge in [0.15, 0.2) is 0 Å². The van der Waals surface area contributed by atoms with Gasteiger partial charge in [-0.25, -0.2) is 9.78 Å². The van der Waals surface area contributed by atoms with Gasteiger partial charge in [-0.3, -0.25) is 5.32 Å². The van der Waals surface area contributed by atoms with Gasteiger partial charge in [-0.05, 0) is 36.1 Å². The van der Waals surface area contributed by atoms with Crippen LogP contribution in [0.2, 0.25) is 5.02 Å². The molecule has 0 saturated heterocycles. The standard InChI is InChI=1S/C19H22ClN3O4/c1-10(2)5-12(21)9-26-15-4-3-13-14-6-16(23-19(24)25)22-7-11(14)8-27-18(13)17(15)20/h3-4,6-7,10,12H,5,8-9,21H2,1-2H3,(H,22,23)(H,24,25)/t12-/m0/s1. The van der Waals surface area contributed by atoms with Gasteiger partial charge in [0.05, 0.1) is 0 Å². The summed E-state index contributed by atoms with van der Waals surface area (Å²) in [6.07, 6.45) is 1.28. The zero-order valence-electron chi connectivity index (χ0n) is 15.2. The van der Waals surface area contributed by atoms with Gasteiger partial charge in [-0.1, -0.05) is 25.4 Å². The molecule has 1 aromatic heterocycles. The number of amides is 1. The van der Waals surface area contributed by atoms with Gasteiger partial charge in [-0.2, -0.15) is 0 Å². The number of ether oxygens (including phenoxy) is 2. The van der Waals surface area contributed by atoms with E-state index in [0.717, 1.165) is 23.1 Å². The van der Waals surface area contributed by atoms with Crippen molar-refractivity contribution in [2.24, 2.45) is 11.7 Å². The van der Waals surface area contributed by atoms with Crippen molar-refractivity contribution in [1.82, 2.24) is 4.98 Å². The van der Waals surface area contributed by atoms with E-state index in [1.54, 1.807) is 18.3 Å². The first-order valence-corrected chi connectivity index (χ1v) is 9.06. The molecule has 1 aliphatic heterocycles. The van der Waals surface area contributed by atoms with Crippen LogP contribution in [0.5, 0.6) is 11.5 Å². The fourth-order valence-electron chi connectivity index (χ4n) is 3.05. The summed E-state index contributed by atoms with van der Waals surface area (Å²) in [6.45, 7) is 4.88. The summed E-state index contributed by atoms with van der Waals surface area (Å²) in [5, 5.41) is 11.5. The number of nitrogens with one attached hydrogen (secondary N) is 1. The number of benzene rings is 1. The summed E-state index contributed by atoms with van der Waals surface area (Å²) in [6, 6.07) is 5.20. The Morgan fingerprint density at radius 2 is 2.22 bits per heavy atom. The number of nitrogens with two attached hydrogens (primary N) is 1. The molecule has 1 aromatic carbocycles. The average molecular weight is 392 g/mol. The highest BCUT2D eigenvalue weighted by atomic mass is 35.5. The second-order valence-corrected chi connectivity index (χ2v) is 7.28. The molecule has 27 heavy (non-hydrogen) atoms. The van der Waals surface area contributed by atoms with Crippen LogP contribution in [0.25, 0.3) is 11.1 Å². The molecule has 1 aliphatic rings. The maximum Gasteiger partial charge on any atom is 0.410 e. The van der Waals surface area contributed by atoms with Crippen LogP contribution in [0, 0.1) is 5.92 Å². The molecular weight excluding hydrogens is 370 g/mol. The van der Waals surface area contributed by atoms with Gasteiger partial charge in [0.2, 0.25) is 0 Å². The Bertz CT molecular complexity index is 857. The number of pyridine rings is 1. The predicted molar refractivity (Wildman–Crippen MR) is 104 cm³/mol. The third-order valence-electron chi connectivity index (χ3n) is 4.17. The summed E-state index contributed by atoms with van der Waals surface area (Å²) in [4.78, 5) is 14.9. The summed E-state index contributed by atoms with van der Waals surface area (Å²) in [5.74, 6) is 1.75. The van der Waals surface area contributed by atoms with Crippen LogP contribution in [-0.2, 0) is 6.61 Å². The van der Waals surface area contributed by atoms with Crippen molar-refractivity contribution < 1.29 is 19.4 Å². The molecule has 0 unspecified atom stereocenters. The van der Waals surface area contributed by atoms with E-state index >= 15 is 0 Å².